The van der Waals surface area contributed by atoms with Crippen LogP contribution < -0.4 is 24.3 Å². The van der Waals surface area contributed by atoms with Gasteiger partial charge >= 0.3 is 5.97 Å². The summed E-state index contributed by atoms with van der Waals surface area (Å²) in [7, 11) is 6.44. The summed E-state index contributed by atoms with van der Waals surface area (Å²) in [6.07, 6.45) is 0. The number of nitrogens with one attached hydrogen (secondary N) is 1. The molecule has 4 aromatic rings. The molecule has 0 aliphatic carbocycles. The van der Waals surface area contributed by atoms with E-state index in [9.17, 15) is 4.79 Å². The van der Waals surface area contributed by atoms with Gasteiger partial charge in [0.05, 0.1) is 45.4 Å². The van der Waals surface area contributed by atoms with Crippen molar-refractivity contribution in [3.63, 3.8) is 0 Å². The lowest BCUT2D eigenvalue weighted by atomic mass is 9.77. The van der Waals surface area contributed by atoms with Crippen molar-refractivity contribution in [2.75, 3.05) is 40.4 Å². The van der Waals surface area contributed by atoms with Crippen LogP contribution in [0.3, 0.4) is 0 Å². The van der Waals surface area contributed by atoms with Gasteiger partial charge in [0.1, 0.15) is 6.61 Å². The van der Waals surface area contributed by atoms with Crippen molar-refractivity contribution >= 4 is 44.8 Å². The Hall–Kier alpha value is -4.10. The van der Waals surface area contributed by atoms with E-state index in [1.54, 1.807) is 28.4 Å². The van der Waals surface area contributed by atoms with Crippen molar-refractivity contribution in [1.82, 2.24) is 0 Å². The number of methoxy groups -OCH3 is 4. The summed E-state index contributed by atoms with van der Waals surface area (Å²) >= 11 is 6.23. The third-order valence-electron chi connectivity index (χ3n) is 7.12. The number of benzene rings is 4. The van der Waals surface area contributed by atoms with Gasteiger partial charge in [0.2, 0.25) is 0 Å². The van der Waals surface area contributed by atoms with Gasteiger partial charge in [-0.3, -0.25) is 0 Å². The minimum Gasteiger partial charge on any atom is -0.493 e. The molecule has 1 N–H and O–H groups in total. The molecular formula is C29H24ClNO6. The molecule has 1 unspecified atom stereocenters. The smallest absolute Gasteiger partial charge is 0.337 e. The first kappa shape index (κ1) is 23.3. The standard InChI is InChI=1S/C29H24ClNO6/c1-33-21-9-16-17-10-22(34-2)24(36-4)12-19(17)28-26(18(16)11-23(21)35-3)25(14-5-7-15(30)8-6-14)27-20(31-28)13-37-29(27)32/h5-12,25,31H,13H2,1-4H3. The second-order valence-corrected chi connectivity index (χ2v) is 9.31. The molecule has 0 spiro atoms. The highest BCUT2D eigenvalue weighted by Gasteiger charge is 2.40. The number of hydrogen-bond donors (Lipinski definition) is 1. The topological polar surface area (TPSA) is 75.2 Å². The number of carbonyl (C=O) groups excluding carboxylic acids is 1. The number of esters is 1. The molecule has 2 aliphatic rings. The average Bonchev–Trinajstić information content (AvgIpc) is 3.31. The molecule has 0 saturated carbocycles. The highest BCUT2D eigenvalue weighted by molar-refractivity contribution is 6.30. The van der Waals surface area contributed by atoms with Crippen molar-refractivity contribution < 1.29 is 28.5 Å². The fourth-order valence-electron chi connectivity index (χ4n) is 5.44. The zero-order chi connectivity index (χ0) is 25.8. The maximum Gasteiger partial charge on any atom is 0.337 e. The zero-order valence-electron chi connectivity index (χ0n) is 20.7. The summed E-state index contributed by atoms with van der Waals surface area (Å²) in [5.41, 5.74) is 4.05. The minimum atomic E-state index is -0.392. The third kappa shape index (κ3) is 3.45. The molecule has 1 atom stereocenters. The van der Waals surface area contributed by atoms with E-state index >= 15 is 0 Å². The zero-order valence-corrected chi connectivity index (χ0v) is 21.5. The van der Waals surface area contributed by atoms with Gasteiger partial charge in [-0.15, -0.1) is 0 Å². The Balaban J connectivity index is 1.80. The maximum absolute atomic E-state index is 13.0. The number of anilines is 1. The molecule has 0 fully saturated rings. The van der Waals surface area contributed by atoms with Crippen molar-refractivity contribution in [3.05, 3.63) is 76.0 Å². The van der Waals surface area contributed by atoms with Crippen LogP contribution in [-0.4, -0.2) is 41.0 Å². The van der Waals surface area contributed by atoms with E-state index < -0.39 is 5.92 Å². The number of ether oxygens (including phenoxy) is 5. The molecule has 6 rings (SSSR count). The van der Waals surface area contributed by atoms with Gasteiger partial charge in [0, 0.05) is 16.3 Å². The van der Waals surface area contributed by atoms with E-state index in [2.05, 4.69) is 5.32 Å². The van der Waals surface area contributed by atoms with Gasteiger partial charge < -0.3 is 29.0 Å². The predicted octanol–water partition coefficient (Wildman–Crippen LogP) is 6.05. The second-order valence-electron chi connectivity index (χ2n) is 8.87. The lowest BCUT2D eigenvalue weighted by Crippen LogP contribution is -2.20. The van der Waals surface area contributed by atoms with Crippen LogP contribution in [0, 0.1) is 0 Å². The summed E-state index contributed by atoms with van der Waals surface area (Å²) in [5, 5.41) is 7.82. The van der Waals surface area contributed by atoms with Gasteiger partial charge in [-0.25, -0.2) is 4.79 Å². The predicted molar refractivity (Wildman–Crippen MR) is 143 cm³/mol. The van der Waals surface area contributed by atoms with Crippen molar-refractivity contribution in [2.24, 2.45) is 0 Å². The monoisotopic (exact) mass is 517 g/mol. The lowest BCUT2D eigenvalue weighted by molar-refractivity contribution is -0.136. The number of halogens is 1. The summed E-state index contributed by atoms with van der Waals surface area (Å²) in [6.45, 7) is 0.177. The van der Waals surface area contributed by atoms with Gasteiger partial charge in [0.15, 0.2) is 23.0 Å². The highest BCUT2D eigenvalue weighted by Crippen LogP contribution is 2.53. The van der Waals surface area contributed by atoms with Crippen LogP contribution >= 0.6 is 11.6 Å². The maximum atomic E-state index is 13.0. The van der Waals surface area contributed by atoms with Crippen LogP contribution in [0.2, 0.25) is 5.02 Å². The number of rotatable bonds is 5. The number of hydrogen-bond acceptors (Lipinski definition) is 7. The van der Waals surface area contributed by atoms with Crippen molar-refractivity contribution in [1.29, 1.82) is 0 Å². The minimum absolute atomic E-state index is 0.177. The first-order chi connectivity index (χ1) is 18.0. The summed E-state index contributed by atoms with van der Waals surface area (Å²) in [4.78, 5) is 13.0. The third-order valence-corrected chi connectivity index (χ3v) is 7.37. The van der Waals surface area contributed by atoms with E-state index in [4.69, 9.17) is 35.3 Å². The molecular weight excluding hydrogens is 494 g/mol. The van der Waals surface area contributed by atoms with Gasteiger partial charge in [0.25, 0.3) is 0 Å². The molecule has 188 valence electrons. The molecule has 37 heavy (non-hydrogen) atoms. The fraction of sp³-hybridized carbons (Fsp3) is 0.207. The SMILES string of the molecule is COc1cc2c3c(c4cc(OC)c(OC)cc4c2cc1OC)C(c1ccc(Cl)cc1)C1=C(COC1=O)N3. The average molecular weight is 518 g/mol. The molecule has 2 heterocycles. The summed E-state index contributed by atoms with van der Waals surface area (Å²) in [5.74, 6) is 1.65. The Morgan fingerprint density at radius 1 is 0.784 bits per heavy atom. The molecule has 0 saturated heterocycles. The quantitative estimate of drug-likeness (QED) is 0.255. The van der Waals surface area contributed by atoms with E-state index in [1.165, 1.54) is 0 Å². The largest absolute Gasteiger partial charge is 0.493 e. The Kier molecular flexibility index (Phi) is 5.53. The molecule has 0 aromatic heterocycles. The molecule has 0 amide bonds. The van der Waals surface area contributed by atoms with E-state index in [-0.39, 0.29) is 12.6 Å². The van der Waals surface area contributed by atoms with Gasteiger partial charge in [-0.05, 0) is 63.7 Å². The van der Waals surface area contributed by atoms with Crippen LogP contribution in [0.1, 0.15) is 17.0 Å². The molecule has 4 aromatic carbocycles. The molecule has 7 nitrogen and oxygen atoms in total. The Bertz CT molecular complexity index is 1630. The lowest BCUT2D eigenvalue weighted by Gasteiger charge is -2.31. The Morgan fingerprint density at radius 2 is 1.30 bits per heavy atom. The van der Waals surface area contributed by atoms with Crippen LogP contribution in [-0.2, 0) is 9.53 Å². The van der Waals surface area contributed by atoms with Crippen LogP contribution in [0.5, 0.6) is 23.0 Å². The van der Waals surface area contributed by atoms with Gasteiger partial charge in [-0.1, -0.05) is 23.7 Å². The summed E-state index contributed by atoms with van der Waals surface area (Å²) < 4.78 is 28.1. The second kappa shape index (κ2) is 8.78. The van der Waals surface area contributed by atoms with E-state index in [0.717, 1.165) is 44.1 Å². The number of cyclic esters (lactones) is 1. The fourth-order valence-corrected chi connectivity index (χ4v) is 5.57. The van der Waals surface area contributed by atoms with E-state index in [1.807, 2.05) is 48.5 Å². The van der Waals surface area contributed by atoms with Crippen molar-refractivity contribution in [3.8, 4) is 23.0 Å². The first-order valence-corrected chi connectivity index (χ1v) is 12.1. The highest BCUT2D eigenvalue weighted by atomic mass is 35.5. The Labute approximate surface area is 218 Å². The number of fused-ring (bicyclic) bond motifs is 6. The number of carbonyl (C=O) groups is 1. The van der Waals surface area contributed by atoms with Crippen LogP contribution in [0.25, 0.3) is 21.5 Å². The van der Waals surface area contributed by atoms with Gasteiger partial charge in [-0.2, -0.15) is 0 Å². The molecule has 2 aliphatic heterocycles. The summed E-state index contributed by atoms with van der Waals surface area (Å²) in [6, 6.07) is 15.4. The van der Waals surface area contributed by atoms with Crippen LogP contribution in [0.15, 0.2) is 59.8 Å². The molecule has 0 bridgehead atoms. The molecule has 0 radical (unpaired) electrons. The van der Waals surface area contributed by atoms with E-state index in [0.29, 0.717) is 33.6 Å². The van der Waals surface area contributed by atoms with Crippen molar-refractivity contribution in [2.45, 2.75) is 5.92 Å². The normalized spacial score (nSPS) is 16.2. The Morgan fingerprint density at radius 3 is 1.86 bits per heavy atom. The first-order valence-electron chi connectivity index (χ1n) is 11.7. The van der Waals surface area contributed by atoms with Crippen LogP contribution in [0.4, 0.5) is 5.69 Å². The molecule has 8 heteroatoms.